The number of rotatable bonds is 6. The number of anilines is 1. The van der Waals surface area contributed by atoms with Gasteiger partial charge in [0.25, 0.3) is 5.56 Å². The zero-order chi connectivity index (χ0) is 22.7. The highest BCUT2D eigenvalue weighted by Crippen LogP contribution is 2.33. The summed E-state index contributed by atoms with van der Waals surface area (Å²) >= 11 is 0. The minimum atomic E-state index is -0.351. The van der Waals surface area contributed by atoms with Crippen LogP contribution in [-0.2, 0) is 7.05 Å². The Morgan fingerprint density at radius 3 is 2.70 bits per heavy atom. The fourth-order valence-electron chi connectivity index (χ4n) is 3.39. The maximum atomic E-state index is 12.2. The van der Waals surface area contributed by atoms with Gasteiger partial charge in [0.15, 0.2) is 0 Å². The number of benzene rings is 1. The van der Waals surface area contributed by atoms with Crippen LogP contribution in [0.5, 0.6) is 5.75 Å². The van der Waals surface area contributed by atoms with Crippen molar-refractivity contribution < 1.29 is 9.53 Å². The number of carbonyl (C=O) groups excluding carboxylic acids is 1. The molecule has 9 nitrogen and oxygen atoms in total. The molecule has 0 spiro atoms. The third-order valence-electron chi connectivity index (χ3n) is 4.91. The Bertz CT molecular complexity index is 1340. The van der Waals surface area contributed by atoms with Gasteiger partial charge >= 0.3 is 6.03 Å². The minimum absolute atomic E-state index is 0. The number of fused-ring (bicyclic) bond motifs is 1. The average Bonchev–Trinajstić information content (AvgIpc) is 3.17. The van der Waals surface area contributed by atoms with Crippen molar-refractivity contribution in [1.82, 2.24) is 24.8 Å². The molecule has 0 atom stereocenters. The van der Waals surface area contributed by atoms with E-state index in [9.17, 15) is 9.59 Å². The Morgan fingerprint density at radius 2 is 1.97 bits per heavy atom. The number of H-pyrrole nitrogens is 1. The zero-order valence-corrected chi connectivity index (χ0v) is 18.1. The molecule has 0 fully saturated rings. The molecule has 0 saturated heterocycles. The molecule has 0 unspecified atom stereocenters. The lowest BCUT2D eigenvalue weighted by Gasteiger charge is -2.09. The van der Waals surface area contributed by atoms with E-state index in [-0.39, 0.29) is 19.0 Å². The molecule has 9 heteroatoms. The normalized spacial score (nSPS) is 10.5. The summed E-state index contributed by atoms with van der Waals surface area (Å²) in [5.74, 6) is 1.01. The number of imidazole rings is 1. The van der Waals surface area contributed by atoms with Crippen molar-refractivity contribution in [2.24, 2.45) is 7.05 Å². The van der Waals surface area contributed by atoms with Crippen LogP contribution in [0.25, 0.3) is 33.4 Å². The summed E-state index contributed by atoms with van der Waals surface area (Å²) in [4.78, 5) is 36.4. The number of nitrogens with one attached hydrogen (secondary N) is 3. The molecule has 0 aliphatic heterocycles. The quantitative estimate of drug-likeness (QED) is 0.410. The Kier molecular flexibility index (Phi) is 7.12. The number of carbonyl (C=O) groups is 1. The van der Waals surface area contributed by atoms with E-state index in [2.05, 4.69) is 25.6 Å². The van der Waals surface area contributed by atoms with Crippen molar-refractivity contribution in [3.05, 3.63) is 59.1 Å². The van der Waals surface area contributed by atoms with Gasteiger partial charge in [0.05, 0.1) is 23.3 Å². The van der Waals surface area contributed by atoms with Gasteiger partial charge in [0.2, 0.25) is 5.95 Å². The molecule has 4 rings (SSSR count). The fraction of sp³-hybridized carbons (Fsp3) is 0.250. The van der Waals surface area contributed by atoms with E-state index in [4.69, 9.17) is 4.74 Å². The first kappa shape index (κ1) is 23.5. The van der Waals surface area contributed by atoms with Crippen LogP contribution in [0.3, 0.4) is 0 Å². The van der Waals surface area contributed by atoms with Crippen molar-refractivity contribution in [2.45, 2.75) is 21.3 Å². The van der Waals surface area contributed by atoms with Gasteiger partial charge in [-0.25, -0.2) is 9.78 Å². The molecule has 0 saturated carbocycles. The SMILES string of the molecule is C.CCNC(=O)Nc1nc2c(-c3cc(OCC)ccn3)cc(-c3ccn(C)c(=O)c3)cc2[nH]1. The van der Waals surface area contributed by atoms with E-state index >= 15 is 0 Å². The van der Waals surface area contributed by atoms with Gasteiger partial charge in [-0.15, -0.1) is 0 Å². The lowest BCUT2D eigenvalue weighted by atomic mass is 10.0. The number of nitrogens with zero attached hydrogens (tertiary/aromatic N) is 3. The third-order valence-corrected chi connectivity index (χ3v) is 4.91. The molecule has 0 aliphatic carbocycles. The molecule has 172 valence electrons. The summed E-state index contributed by atoms with van der Waals surface area (Å²) in [6, 6.07) is 10.6. The van der Waals surface area contributed by atoms with E-state index in [1.807, 2.05) is 38.1 Å². The van der Waals surface area contributed by atoms with Gasteiger partial charge < -0.3 is 19.6 Å². The second-order valence-corrected chi connectivity index (χ2v) is 7.16. The van der Waals surface area contributed by atoms with Gasteiger partial charge in [0.1, 0.15) is 5.75 Å². The zero-order valence-electron chi connectivity index (χ0n) is 18.1. The standard InChI is InChI=1S/C23H24N6O3.CH4/c1-4-24-23(31)28-22-26-19-11-15(14-7-9-29(3)20(30)12-14)10-17(21(19)27-22)18-13-16(32-5-2)6-8-25-18;/h6-13H,4-5H2,1-3H3,(H3,24,26,27,28,31);1H4. The summed E-state index contributed by atoms with van der Waals surface area (Å²) in [6.07, 6.45) is 3.40. The van der Waals surface area contributed by atoms with Gasteiger partial charge in [-0.2, -0.15) is 0 Å². The van der Waals surface area contributed by atoms with Crippen molar-refractivity contribution in [3.8, 4) is 28.1 Å². The summed E-state index contributed by atoms with van der Waals surface area (Å²) in [5, 5.41) is 5.38. The number of amides is 2. The summed E-state index contributed by atoms with van der Waals surface area (Å²) in [6.45, 7) is 4.79. The highest BCUT2D eigenvalue weighted by atomic mass is 16.5. The predicted molar refractivity (Wildman–Crippen MR) is 131 cm³/mol. The van der Waals surface area contributed by atoms with Crippen molar-refractivity contribution in [2.75, 3.05) is 18.5 Å². The van der Waals surface area contributed by atoms with Crippen LogP contribution < -0.4 is 20.9 Å². The van der Waals surface area contributed by atoms with Crippen molar-refractivity contribution >= 4 is 23.0 Å². The molecule has 0 aliphatic rings. The van der Waals surface area contributed by atoms with E-state index in [0.717, 1.165) is 16.7 Å². The maximum absolute atomic E-state index is 12.2. The van der Waals surface area contributed by atoms with Gasteiger partial charge in [-0.3, -0.25) is 15.1 Å². The van der Waals surface area contributed by atoms with Crippen LogP contribution in [-0.4, -0.2) is 38.7 Å². The second kappa shape index (κ2) is 9.99. The van der Waals surface area contributed by atoms with Gasteiger partial charge in [-0.1, -0.05) is 7.43 Å². The number of aromatic amines is 1. The highest BCUT2D eigenvalue weighted by Gasteiger charge is 2.15. The molecule has 3 aromatic heterocycles. The van der Waals surface area contributed by atoms with Crippen LogP contribution in [0, 0.1) is 0 Å². The Hall–Kier alpha value is -4.14. The predicted octanol–water partition coefficient (Wildman–Crippen LogP) is 4.17. The molecular weight excluding hydrogens is 420 g/mol. The number of urea groups is 1. The van der Waals surface area contributed by atoms with Crippen molar-refractivity contribution in [3.63, 3.8) is 0 Å². The van der Waals surface area contributed by atoms with Crippen molar-refractivity contribution in [1.29, 1.82) is 0 Å². The first-order valence-corrected chi connectivity index (χ1v) is 10.3. The molecule has 0 radical (unpaired) electrons. The lowest BCUT2D eigenvalue weighted by molar-refractivity contribution is 0.252. The number of aryl methyl sites for hydroxylation is 1. The van der Waals surface area contributed by atoms with Crippen LogP contribution in [0.1, 0.15) is 21.3 Å². The molecule has 2 amide bonds. The number of hydrogen-bond acceptors (Lipinski definition) is 5. The fourth-order valence-corrected chi connectivity index (χ4v) is 3.39. The first-order chi connectivity index (χ1) is 15.5. The van der Waals surface area contributed by atoms with E-state index in [1.54, 1.807) is 31.6 Å². The number of ether oxygens (including phenoxy) is 1. The monoisotopic (exact) mass is 448 g/mol. The molecule has 0 bridgehead atoms. The van der Waals surface area contributed by atoms with Gasteiger partial charge in [0, 0.05) is 43.7 Å². The molecule has 3 heterocycles. The average molecular weight is 449 g/mol. The highest BCUT2D eigenvalue weighted by molar-refractivity contribution is 5.98. The lowest BCUT2D eigenvalue weighted by Crippen LogP contribution is -2.28. The van der Waals surface area contributed by atoms with Gasteiger partial charge in [-0.05, 0) is 49.2 Å². The number of aromatic nitrogens is 4. The molecule has 3 N–H and O–H groups in total. The third kappa shape index (κ3) is 5.03. The summed E-state index contributed by atoms with van der Waals surface area (Å²) < 4.78 is 7.15. The van der Waals surface area contributed by atoms with E-state index in [0.29, 0.717) is 41.6 Å². The number of pyridine rings is 2. The Balaban J connectivity index is 0.00000306. The smallest absolute Gasteiger partial charge is 0.321 e. The Morgan fingerprint density at radius 1 is 1.15 bits per heavy atom. The maximum Gasteiger partial charge on any atom is 0.321 e. The minimum Gasteiger partial charge on any atom is -0.494 e. The first-order valence-electron chi connectivity index (χ1n) is 10.3. The summed E-state index contributed by atoms with van der Waals surface area (Å²) in [7, 11) is 1.71. The van der Waals surface area contributed by atoms with E-state index in [1.165, 1.54) is 4.57 Å². The van der Waals surface area contributed by atoms with E-state index < -0.39 is 0 Å². The van der Waals surface area contributed by atoms with Crippen LogP contribution in [0.15, 0.2) is 53.6 Å². The molecular formula is C24H28N6O3. The second-order valence-electron chi connectivity index (χ2n) is 7.16. The van der Waals surface area contributed by atoms with Crippen LogP contribution in [0.2, 0.25) is 0 Å². The van der Waals surface area contributed by atoms with Crippen LogP contribution >= 0.6 is 0 Å². The molecule has 4 aromatic rings. The number of hydrogen-bond donors (Lipinski definition) is 3. The topological polar surface area (TPSA) is 114 Å². The largest absolute Gasteiger partial charge is 0.494 e. The summed E-state index contributed by atoms with van der Waals surface area (Å²) in [5.41, 5.74) is 4.25. The molecule has 33 heavy (non-hydrogen) atoms. The Labute approximate surface area is 191 Å². The van der Waals surface area contributed by atoms with Crippen LogP contribution in [0.4, 0.5) is 10.7 Å². The molecule has 1 aromatic carbocycles.